The molecule has 9 heteroatoms. The van der Waals surface area contributed by atoms with Crippen molar-refractivity contribution in [3.63, 3.8) is 0 Å². The Hall–Kier alpha value is -3.07. The van der Waals surface area contributed by atoms with Crippen LogP contribution < -0.4 is 15.7 Å². The first-order chi connectivity index (χ1) is 15.7. The summed E-state index contributed by atoms with van der Waals surface area (Å²) in [4.78, 5) is 25.2. The summed E-state index contributed by atoms with van der Waals surface area (Å²) in [5.74, 6) is 0.113. The lowest BCUT2D eigenvalue weighted by molar-refractivity contribution is -0.118. The van der Waals surface area contributed by atoms with E-state index in [0.717, 1.165) is 24.8 Å². The number of aryl methyl sites for hydroxylation is 3. The van der Waals surface area contributed by atoms with Crippen LogP contribution in [-0.2, 0) is 28.7 Å². The first kappa shape index (κ1) is 23.1. The smallest absolute Gasteiger partial charge is 0.328 e. The highest BCUT2D eigenvalue weighted by molar-refractivity contribution is 7.92. The van der Waals surface area contributed by atoms with Gasteiger partial charge in [-0.25, -0.2) is 13.2 Å². The van der Waals surface area contributed by atoms with Gasteiger partial charge in [-0.2, -0.15) is 0 Å². The van der Waals surface area contributed by atoms with Gasteiger partial charge in [0.15, 0.2) is 16.4 Å². The molecular formula is C24H29N3O5S. The van der Waals surface area contributed by atoms with Gasteiger partial charge in [-0.05, 0) is 43.5 Å². The number of hydrogen-bond acceptors (Lipinski definition) is 5. The summed E-state index contributed by atoms with van der Waals surface area (Å²) in [6.45, 7) is 1.62. The fourth-order valence-electron chi connectivity index (χ4n) is 4.46. The minimum Gasteiger partial charge on any atom is -0.483 e. The van der Waals surface area contributed by atoms with Crippen LogP contribution in [0.4, 0.5) is 5.69 Å². The number of rotatable bonds is 6. The van der Waals surface area contributed by atoms with Gasteiger partial charge in [-0.3, -0.25) is 13.9 Å². The first-order valence-electron chi connectivity index (χ1n) is 11.1. The van der Waals surface area contributed by atoms with Crippen molar-refractivity contribution >= 4 is 32.5 Å². The third-order valence-electron chi connectivity index (χ3n) is 6.40. The van der Waals surface area contributed by atoms with Crippen molar-refractivity contribution in [2.45, 2.75) is 49.2 Å². The summed E-state index contributed by atoms with van der Waals surface area (Å²) in [5.41, 5.74) is 1.85. The van der Waals surface area contributed by atoms with Crippen LogP contribution >= 0.6 is 0 Å². The molecule has 1 N–H and O–H groups in total. The Kier molecular flexibility index (Phi) is 6.34. The molecule has 1 amide bonds. The van der Waals surface area contributed by atoms with Crippen LogP contribution in [0.5, 0.6) is 5.75 Å². The van der Waals surface area contributed by atoms with E-state index in [1.807, 2.05) is 25.1 Å². The van der Waals surface area contributed by atoms with Gasteiger partial charge in [0, 0.05) is 14.1 Å². The van der Waals surface area contributed by atoms with E-state index in [4.69, 9.17) is 4.74 Å². The summed E-state index contributed by atoms with van der Waals surface area (Å²) >= 11 is 0. The maximum absolute atomic E-state index is 13.6. The van der Waals surface area contributed by atoms with E-state index < -0.39 is 21.0 Å². The van der Waals surface area contributed by atoms with Crippen molar-refractivity contribution in [2.24, 2.45) is 14.1 Å². The number of nitrogens with one attached hydrogen (secondary N) is 1. The van der Waals surface area contributed by atoms with Crippen molar-refractivity contribution in [3.8, 4) is 5.75 Å². The quantitative estimate of drug-likeness (QED) is 0.595. The summed E-state index contributed by atoms with van der Waals surface area (Å²) < 4.78 is 35.6. The van der Waals surface area contributed by atoms with Crippen molar-refractivity contribution in [3.05, 3.63) is 52.4 Å². The van der Waals surface area contributed by atoms with Crippen molar-refractivity contribution < 1.29 is 17.9 Å². The molecule has 0 spiro atoms. The number of hydrogen-bond donors (Lipinski definition) is 1. The Morgan fingerprint density at radius 3 is 2.36 bits per heavy atom. The van der Waals surface area contributed by atoms with Gasteiger partial charge < -0.3 is 10.1 Å². The van der Waals surface area contributed by atoms with Gasteiger partial charge in [-0.1, -0.05) is 37.5 Å². The second kappa shape index (κ2) is 9.05. The number of amides is 1. The lowest BCUT2D eigenvalue weighted by Crippen LogP contribution is -2.27. The minimum absolute atomic E-state index is 0.0485. The number of benzene rings is 2. The average molecular weight is 472 g/mol. The zero-order valence-corrected chi connectivity index (χ0v) is 19.9. The van der Waals surface area contributed by atoms with E-state index in [1.165, 1.54) is 15.2 Å². The topological polar surface area (TPSA) is 99.4 Å². The van der Waals surface area contributed by atoms with Crippen LogP contribution in [0.15, 0.2) is 46.1 Å². The number of nitrogens with zero attached hydrogens (tertiary/aromatic N) is 2. The molecule has 2 aromatic carbocycles. The molecular weight excluding hydrogens is 442 g/mol. The SMILES string of the molecule is Cc1ccccc1OCC(=O)Nc1cc2c(cc1S(=O)(=O)C1CCCCC1)n(C)c(=O)n2C. The number of ether oxygens (including phenoxy) is 1. The van der Waals surface area contributed by atoms with Crippen LogP contribution in [0.2, 0.25) is 0 Å². The number of anilines is 1. The molecule has 1 saturated carbocycles. The molecule has 33 heavy (non-hydrogen) atoms. The molecule has 1 aromatic heterocycles. The summed E-state index contributed by atoms with van der Waals surface area (Å²) in [6, 6.07) is 10.4. The highest BCUT2D eigenvalue weighted by Gasteiger charge is 2.32. The third-order valence-corrected chi connectivity index (χ3v) is 8.70. The maximum Gasteiger partial charge on any atom is 0.328 e. The molecule has 0 unspecified atom stereocenters. The number of fused-ring (bicyclic) bond motifs is 1. The normalized spacial score (nSPS) is 15.0. The molecule has 1 heterocycles. The molecule has 3 aromatic rings. The largest absolute Gasteiger partial charge is 0.483 e. The van der Waals surface area contributed by atoms with Gasteiger partial charge in [0.1, 0.15) is 5.75 Å². The average Bonchev–Trinajstić information content (AvgIpc) is 3.02. The molecule has 1 aliphatic carbocycles. The molecule has 0 radical (unpaired) electrons. The van der Waals surface area contributed by atoms with E-state index in [1.54, 1.807) is 26.2 Å². The van der Waals surface area contributed by atoms with Gasteiger partial charge in [-0.15, -0.1) is 0 Å². The second-order valence-electron chi connectivity index (χ2n) is 8.65. The number of sulfone groups is 1. The zero-order valence-electron chi connectivity index (χ0n) is 19.1. The van der Waals surface area contributed by atoms with Crippen LogP contribution in [-0.4, -0.2) is 35.3 Å². The van der Waals surface area contributed by atoms with Crippen LogP contribution in [0.1, 0.15) is 37.7 Å². The fraction of sp³-hybridized carbons (Fsp3) is 0.417. The van der Waals surface area contributed by atoms with Crippen molar-refractivity contribution in [1.29, 1.82) is 0 Å². The van der Waals surface area contributed by atoms with Crippen molar-refractivity contribution in [2.75, 3.05) is 11.9 Å². The van der Waals surface area contributed by atoms with Gasteiger partial charge in [0.2, 0.25) is 0 Å². The fourth-order valence-corrected chi connectivity index (χ4v) is 6.47. The number of imidazole rings is 1. The Labute approximate surface area is 193 Å². The lowest BCUT2D eigenvalue weighted by Gasteiger charge is -2.23. The monoisotopic (exact) mass is 471 g/mol. The first-order valence-corrected chi connectivity index (χ1v) is 12.7. The van der Waals surface area contributed by atoms with Gasteiger partial charge in [0.05, 0.1) is 26.9 Å². The third kappa shape index (κ3) is 4.42. The van der Waals surface area contributed by atoms with Crippen LogP contribution in [0.25, 0.3) is 11.0 Å². The number of aromatic nitrogens is 2. The Morgan fingerprint density at radius 1 is 1.06 bits per heavy atom. The number of para-hydroxylation sites is 1. The predicted molar refractivity (Wildman–Crippen MR) is 128 cm³/mol. The molecule has 8 nitrogen and oxygen atoms in total. The lowest BCUT2D eigenvalue weighted by atomic mass is 10.0. The van der Waals surface area contributed by atoms with E-state index >= 15 is 0 Å². The highest BCUT2D eigenvalue weighted by atomic mass is 32.2. The molecule has 1 fully saturated rings. The Bertz CT molecular complexity index is 1360. The molecule has 0 saturated heterocycles. The van der Waals surface area contributed by atoms with Gasteiger partial charge >= 0.3 is 5.69 Å². The molecule has 0 aliphatic heterocycles. The standard InChI is InChI=1S/C24H29N3O5S/c1-16-9-7-8-12-21(16)32-15-23(28)25-18-13-19-20(27(3)24(29)26(19)2)14-22(18)33(30,31)17-10-5-4-6-11-17/h7-9,12-14,17H,4-6,10-11,15H2,1-3H3,(H,25,28). The molecule has 4 rings (SSSR count). The van der Waals surface area contributed by atoms with Crippen LogP contribution in [0, 0.1) is 6.92 Å². The molecule has 1 aliphatic rings. The highest BCUT2D eigenvalue weighted by Crippen LogP contribution is 2.34. The van der Waals surface area contributed by atoms with Crippen LogP contribution in [0.3, 0.4) is 0 Å². The molecule has 0 atom stereocenters. The summed E-state index contributed by atoms with van der Waals surface area (Å²) in [7, 11) is -0.479. The number of carbonyl (C=O) groups is 1. The van der Waals surface area contributed by atoms with Crippen molar-refractivity contribution in [1.82, 2.24) is 9.13 Å². The van der Waals surface area contributed by atoms with E-state index in [0.29, 0.717) is 29.6 Å². The second-order valence-corrected chi connectivity index (χ2v) is 10.8. The van der Waals surface area contributed by atoms with Gasteiger partial charge in [0.25, 0.3) is 5.91 Å². The summed E-state index contributed by atoms with van der Waals surface area (Å²) in [5, 5.41) is 2.23. The predicted octanol–water partition coefficient (Wildman–Crippen LogP) is 3.31. The van der Waals surface area contributed by atoms with E-state index in [-0.39, 0.29) is 22.9 Å². The molecule has 0 bridgehead atoms. The maximum atomic E-state index is 13.6. The Balaban J connectivity index is 1.71. The summed E-state index contributed by atoms with van der Waals surface area (Å²) in [6.07, 6.45) is 3.94. The molecule has 176 valence electrons. The Morgan fingerprint density at radius 2 is 1.70 bits per heavy atom. The minimum atomic E-state index is -3.70. The van der Waals surface area contributed by atoms with E-state index in [9.17, 15) is 18.0 Å². The van der Waals surface area contributed by atoms with E-state index in [2.05, 4.69) is 5.32 Å². The number of carbonyl (C=O) groups excluding carboxylic acids is 1. The zero-order chi connectivity index (χ0) is 23.8.